The third kappa shape index (κ3) is 3.28. The van der Waals surface area contributed by atoms with Crippen molar-refractivity contribution >= 4 is 0 Å². The van der Waals surface area contributed by atoms with Crippen molar-refractivity contribution in [3.8, 4) is 0 Å². The normalized spacial score (nSPS) is 22.6. The van der Waals surface area contributed by atoms with Crippen LogP contribution in [-0.4, -0.2) is 28.5 Å². The summed E-state index contributed by atoms with van der Waals surface area (Å²) in [6.45, 7) is 3.84. The van der Waals surface area contributed by atoms with Crippen molar-refractivity contribution in [2.24, 2.45) is 5.84 Å². The number of hydrogen-bond donors (Lipinski definition) is 2. The quantitative estimate of drug-likeness (QED) is 0.589. The van der Waals surface area contributed by atoms with Crippen LogP contribution in [0.2, 0.25) is 0 Å². The van der Waals surface area contributed by atoms with Gasteiger partial charge in [0.1, 0.15) is 0 Å². The molecule has 0 bridgehead atoms. The molecule has 5 nitrogen and oxygen atoms in total. The molecular weight excluding hydrogens is 216 g/mol. The van der Waals surface area contributed by atoms with E-state index in [9.17, 15) is 0 Å². The first-order chi connectivity index (χ1) is 8.33. The zero-order chi connectivity index (χ0) is 12.1. The molecule has 0 saturated carbocycles. The molecule has 1 aliphatic rings. The molecule has 0 amide bonds. The number of nitrogens with zero attached hydrogens (tertiary/aromatic N) is 2. The second-order valence-electron chi connectivity index (χ2n) is 4.59. The van der Waals surface area contributed by atoms with E-state index in [2.05, 4.69) is 23.6 Å². The van der Waals surface area contributed by atoms with Crippen molar-refractivity contribution < 1.29 is 4.74 Å². The van der Waals surface area contributed by atoms with Gasteiger partial charge in [-0.3, -0.25) is 16.0 Å². The lowest BCUT2D eigenvalue weighted by atomic mass is 9.98. The summed E-state index contributed by atoms with van der Waals surface area (Å²) in [4.78, 5) is 0. The molecule has 5 heteroatoms. The molecule has 2 atom stereocenters. The predicted molar refractivity (Wildman–Crippen MR) is 66.3 cm³/mol. The summed E-state index contributed by atoms with van der Waals surface area (Å²) in [6.07, 6.45) is 8.60. The third-order valence-corrected chi connectivity index (χ3v) is 3.34. The van der Waals surface area contributed by atoms with E-state index < -0.39 is 0 Å². The van der Waals surface area contributed by atoms with Gasteiger partial charge in [-0.15, -0.1) is 0 Å². The van der Waals surface area contributed by atoms with Gasteiger partial charge < -0.3 is 4.74 Å². The molecule has 1 aromatic heterocycles. The van der Waals surface area contributed by atoms with Crippen LogP contribution in [0.5, 0.6) is 0 Å². The van der Waals surface area contributed by atoms with Gasteiger partial charge in [0.25, 0.3) is 0 Å². The van der Waals surface area contributed by atoms with Gasteiger partial charge in [0, 0.05) is 19.3 Å². The minimum atomic E-state index is 0.185. The molecule has 3 N–H and O–H groups in total. The van der Waals surface area contributed by atoms with Crippen LogP contribution in [0.25, 0.3) is 0 Å². The SMILES string of the molecule is CCn1cc(CC(NN)C2CCCCO2)cn1. The summed E-state index contributed by atoms with van der Waals surface area (Å²) in [5.74, 6) is 5.63. The van der Waals surface area contributed by atoms with Crippen LogP contribution >= 0.6 is 0 Å². The minimum absolute atomic E-state index is 0.185. The maximum Gasteiger partial charge on any atom is 0.0744 e. The Morgan fingerprint density at radius 2 is 2.53 bits per heavy atom. The molecule has 0 aromatic carbocycles. The largest absolute Gasteiger partial charge is 0.377 e. The van der Waals surface area contributed by atoms with Crippen LogP contribution in [0.15, 0.2) is 12.4 Å². The highest BCUT2D eigenvalue weighted by Gasteiger charge is 2.24. The van der Waals surface area contributed by atoms with Crippen LogP contribution in [-0.2, 0) is 17.7 Å². The number of rotatable bonds is 5. The number of hydrazine groups is 1. The minimum Gasteiger partial charge on any atom is -0.377 e. The molecule has 1 aliphatic heterocycles. The Bertz CT molecular complexity index is 333. The number of nitrogens with one attached hydrogen (secondary N) is 1. The van der Waals surface area contributed by atoms with Gasteiger partial charge in [-0.05, 0) is 38.2 Å². The summed E-state index contributed by atoms with van der Waals surface area (Å²) >= 11 is 0. The monoisotopic (exact) mass is 238 g/mol. The Morgan fingerprint density at radius 3 is 3.12 bits per heavy atom. The zero-order valence-corrected chi connectivity index (χ0v) is 10.4. The summed E-state index contributed by atoms with van der Waals surface area (Å²) in [5.41, 5.74) is 4.10. The number of aryl methyl sites for hydroxylation is 1. The lowest BCUT2D eigenvalue weighted by Gasteiger charge is -2.29. The molecular formula is C12H22N4O. The first kappa shape index (κ1) is 12.5. The number of nitrogens with two attached hydrogens (primary N) is 1. The van der Waals surface area contributed by atoms with Gasteiger partial charge in [-0.2, -0.15) is 5.10 Å². The molecule has 96 valence electrons. The van der Waals surface area contributed by atoms with Gasteiger partial charge >= 0.3 is 0 Å². The molecule has 0 aliphatic carbocycles. The van der Waals surface area contributed by atoms with Gasteiger partial charge in [0.15, 0.2) is 0 Å². The van der Waals surface area contributed by atoms with Crippen molar-refractivity contribution in [2.45, 2.75) is 51.3 Å². The first-order valence-corrected chi connectivity index (χ1v) is 6.42. The first-order valence-electron chi connectivity index (χ1n) is 6.42. The summed E-state index contributed by atoms with van der Waals surface area (Å²) < 4.78 is 7.70. The molecule has 2 heterocycles. The zero-order valence-electron chi connectivity index (χ0n) is 10.4. The fraction of sp³-hybridized carbons (Fsp3) is 0.750. The highest BCUT2D eigenvalue weighted by Crippen LogP contribution is 2.18. The standard InChI is InChI=1S/C12H22N4O/c1-2-16-9-10(8-14-16)7-11(15-13)12-5-3-4-6-17-12/h8-9,11-12,15H,2-7,13H2,1H3. The van der Waals surface area contributed by atoms with Gasteiger partial charge in [-0.1, -0.05) is 0 Å². The maximum absolute atomic E-state index is 5.77. The fourth-order valence-corrected chi connectivity index (χ4v) is 2.32. The third-order valence-electron chi connectivity index (χ3n) is 3.34. The van der Waals surface area contributed by atoms with Crippen molar-refractivity contribution in [2.75, 3.05) is 6.61 Å². The Kier molecular flexibility index (Phi) is 4.53. The van der Waals surface area contributed by atoms with Crippen LogP contribution in [0, 0.1) is 0 Å². The molecule has 17 heavy (non-hydrogen) atoms. The smallest absolute Gasteiger partial charge is 0.0744 e. The van der Waals surface area contributed by atoms with Crippen LogP contribution < -0.4 is 11.3 Å². The van der Waals surface area contributed by atoms with Crippen molar-refractivity contribution in [3.63, 3.8) is 0 Å². The molecule has 0 radical (unpaired) electrons. The predicted octanol–water partition coefficient (Wildman–Crippen LogP) is 0.846. The number of ether oxygens (including phenoxy) is 1. The lowest BCUT2D eigenvalue weighted by molar-refractivity contribution is -0.00744. The highest BCUT2D eigenvalue weighted by atomic mass is 16.5. The Morgan fingerprint density at radius 1 is 1.65 bits per heavy atom. The van der Waals surface area contributed by atoms with Crippen LogP contribution in [0.1, 0.15) is 31.7 Å². The Balaban J connectivity index is 1.93. The molecule has 1 aromatic rings. The second-order valence-corrected chi connectivity index (χ2v) is 4.59. The summed E-state index contributed by atoms with van der Waals surface area (Å²) in [6, 6.07) is 0.185. The maximum atomic E-state index is 5.77. The van der Waals surface area contributed by atoms with Crippen molar-refractivity contribution in [1.82, 2.24) is 15.2 Å². The topological polar surface area (TPSA) is 65.1 Å². The molecule has 1 fully saturated rings. The van der Waals surface area contributed by atoms with E-state index in [1.807, 2.05) is 10.9 Å². The van der Waals surface area contributed by atoms with Crippen LogP contribution in [0.3, 0.4) is 0 Å². The number of aromatic nitrogens is 2. The van der Waals surface area contributed by atoms with E-state index in [0.29, 0.717) is 0 Å². The summed E-state index contributed by atoms with van der Waals surface area (Å²) in [5, 5.41) is 4.27. The van der Waals surface area contributed by atoms with E-state index in [4.69, 9.17) is 10.6 Å². The highest BCUT2D eigenvalue weighted by molar-refractivity contribution is 5.07. The van der Waals surface area contributed by atoms with Crippen LogP contribution in [0.4, 0.5) is 0 Å². The lowest BCUT2D eigenvalue weighted by Crippen LogP contribution is -2.47. The van der Waals surface area contributed by atoms with E-state index >= 15 is 0 Å². The van der Waals surface area contributed by atoms with Gasteiger partial charge in [0.2, 0.25) is 0 Å². The van der Waals surface area contributed by atoms with Gasteiger partial charge in [-0.25, -0.2) is 0 Å². The van der Waals surface area contributed by atoms with Crippen molar-refractivity contribution in [3.05, 3.63) is 18.0 Å². The molecule has 1 saturated heterocycles. The summed E-state index contributed by atoms with van der Waals surface area (Å²) in [7, 11) is 0. The molecule has 0 spiro atoms. The number of hydrogen-bond acceptors (Lipinski definition) is 4. The average Bonchev–Trinajstić information content (AvgIpc) is 2.84. The van der Waals surface area contributed by atoms with E-state index in [0.717, 1.165) is 26.0 Å². The van der Waals surface area contributed by atoms with E-state index in [1.54, 1.807) is 0 Å². The second kappa shape index (κ2) is 6.14. The molecule has 2 rings (SSSR count). The van der Waals surface area contributed by atoms with Crippen molar-refractivity contribution in [1.29, 1.82) is 0 Å². The Hall–Kier alpha value is -0.910. The van der Waals surface area contributed by atoms with Gasteiger partial charge in [0.05, 0.1) is 18.3 Å². The Labute approximate surface area is 102 Å². The fourth-order valence-electron chi connectivity index (χ4n) is 2.32. The molecule has 2 unspecified atom stereocenters. The van der Waals surface area contributed by atoms with E-state index in [-0.39, 0.29) is 12.1 Å². The average molecular weight is 238 g/mol. The van der Waals surface area contributed by atoms with E-state index in [1.165, 1.54) is 18.4 Å².